The molecule has 0 aliphatic heterocycles. The third-order valence-corrected chi connectivity index (χ3v) is 8.79. The van der Waals surface area contributed by atoms with Crippen LogP contribution in [0.25, 0.3) is 0 Å². The number of nitrogens with one attached hydrogen (secondary N) is 1. The molecule has 0 aliphatic rings. The highest BCUT2D eigenvalue weighted by Gasteiger charge is 2.33. The zero-order valence-corrected chi connectivity index (χ0v) is 26.4. The molecule has 0 saturated heterocycles. The van der Waals surface area contributed by atoms with Gasteiger partial charge in [-0.05, 0) is 67.6 Å². The molecule has 3 aromatic carbocycles. The second-order valence-corrected chi connectivity index (χ2v) is 13.1. The lowest BCUT2D eigenvalue weighted by atomic mass is 10.0. The van der Waals surface area contributed by atoms with E-state index in [2.05, 4.69) is 5.32 Å². The summed E-state index contributed by atoms with van der Waals surface area (Å²) >= 11 is 12.4. The molecule has 0 unspecified atom stereocenters. The zero-order valence-electron chi connectivity index (χ0n) is 24.0. The summed E-state index contributed by atoms with van der Waals surface area (Å²) in [6.07, 6.45) is 2.01. The standard InChI is InChI=1S/C31H37Cl2N3O4S/c1-6-23(4)34-31(38)29(18-24-10-8-7-9-11-24)35(19-25-14-15-26(32)27(33)17-25)30(37)20-36(41(5,39)40)28-16-21(2)12-13-22(28)3/h7-17,23,29H,6,18-20H2,1-5H3,(H,34,38)/t23-,29-/m0/s1. The number of nitrogens with zero attached hydrogens (tertiary/aromatic N) is 2. The van der Waals surface area contributed by atoms with Gasteiger partial charge >= 0.3 is 0 Å². The average molecular weight is 619 g/mol. The lowest BCUT2D eigenvalue weighted by Gasteiger charge is -2.34. The molecule has 2 atom stereocenters. The maximum absolute atomic E-state index is 14.2. The summed E-state index contributed by atoms with van der Waals surface area (Å²) in [5.74, 6) is -0.850. The van der Waals surface area contributed by atoms with E-state index in [1.165, 1.54) is 4.90 Å². The Hall–Kier alpha value is -3.07. The molecule has 0 fully saturated rings. The summed E-state index contributed by atoms with van der Waals surface area (Å²) in [5, 5.41) is 3.69. The van der Waals surface area contributed by atoms with Gasteiger partial charge in [-0.1, -0.05) is 78.7 Å². The molecule has 0 saturated carbocycles. The quantitative estimate of drug-likeness (QED) is 0.273. The van der Waals surface area contributed by atoms with Gasteiger partial charge in [0, 0.05) is 19.0 Å². The molecule has 10 heteroatoms. The van der Waals surface area contributed by atoms with E-state index in [-0.39, 0.29) is 24.9 Å². The minimum absolute atomic E-state index is 0.0194. The van der Waals surface area contributed by atoms with Crippen molar-refractivity contribution < 1.29 is 18.0 Å². The molecular formula is C31H37Cl2N3O4S. The number of carbonyl (C=O) groups excluding carboxylic acids is 2. The van der Waals surface area contributed by atoms with E-state index in [1.54, 1.807) is 31.2 Å². The van der Waals surface area contributed by atoms with Crippen molar-refractivity contribution in [2.24, 2.45) is 0 Å². The smallest absolute Gasteiger partial charge is 0.244 e. The van der Waals surface area contributed by atoms with Crippen LogP contribution < -0.4 is 9.62 Å². The average Bonchev–Trinajstić information content (AvgIpc) is 2.92. The zero-order chi connectivity index (χ0) is 30.3. The monoisotopic (exact) mass is 617 g/mol. The Bertz CT molecular complexity index is 1480. The van der Waals surface area contributed by atoms with Crippen molar-refractivity contribution in [3.63, 3.8) is 0 Å². The van der Waals surface area contributed by atoms with Crippen molar-refractivity contribution >= 4 is 50.7 Å². The summed E-state index contributed by atoms with van der Waals surface area (Å²) in [6, 6.07) is 18.8. The van der Waals surface area contributed by atoms with E-state index in [0.29, 0.717) is 33.3 Å². The van der Waals surface area contributed by atoms with Gasteiger partial charge in [-0.3, -0.25) is 13.9 Å². The molecule has 0 radical (unpaired) electrons. The summed E-state index contributed by atoms with van der Waals surface area (Å²) in [4.78, 5) is 29.4. The van der Waals surface area contributed by atoms with Crippen LogP contribution in [0.2, 0.25) is 10.0 Å². The number of amides is 2. The molecule has 0 aliphatic carbocycles. The van der Waals surface area contributed by atoms with Crippen molar-refractivity contribution in [2.45, 2.75) is 59.2 Å². The first-order chi connectivity index (χ1) is 19.3. The third kappa shape index (κ3) is 8.96. The minimum atomic E-state index is -3.85. The molecule has 0 spiro atoms. The SMILES string of the molecule is CC[C@H](C)NC(=O)[C@H](Cc1ccccc1)N(Cc1ccc(Cl)c(Cl)c1)C(=O)CN(c1cc(C)ccc1C)S(C)(=O)=O. The van der Waals surface area contributed by atoms with Gasteiger partial charge < -0.3 is 10.2 Å². The van der Waals surface area contributed by atoms with Gasteiger partial charge in [0.2, 0.25) is 21.8 Å². The summed E-state index contributed by atoms with van der Waals surface area (Å²) in [7, 11) is -3.85. The first kappa shape index (κ1) is 32.4. The van der Waals surface area contributed by atoms with Gasteiger partial charge in [0.25, 0.3) is 0 Å². The van der Waals surface area contributed by atoms with Gasteiger partial charge in [0.1, 0.15) is 12.6 Å². The summed E-state index contributed by atoms with van der Waals surface area (Å²) < 4.78 is 27.1. The molecule has 2 amide bonds. The van der Waals surface area contributed by atoms with Gasteiger partial charge in [-0.15, -0.1) is 0 Å². The summed E-state index contributed by atoms with van der Waals surface area (Å²) in [5.41, 5.74) is 3.49. The third-order valence-electron chi connectivity index (χ3n) is 6.92. The molecule has 1 N–H and O–H groups in total. The Balaban J connectivity index is 2.11. The number of sulfonamides is 1. The lowest BCUT2D eigenvalue weighted by molar-refractivity contribution is -0.140. The van der Waals surface area contributed by atoms with E-state index in [4.69, 9.17) is 23.2 Å². The van der Waals surface area contributed by atoms with Crippen molar-refractivity contribution in [3.8, 4) is 0 Å². The Labute approximate surface area is 253 Å². The molecule has 7 nitrogen and oxygen atoms in total. The number of carbonyl (C=O) groups is 2. The van der Waals surface area contributed by atoms with Gasteiger partial charge in [-0.2, -0.15) is 0 Å². The number of aryl methyl sites for hydroxylation is 2. The number of hydrogen-bond acceptors (Lipinski definition) is 4. The summed E-state index contributed by atoms with van der Waals surface area (Å²) in [6.45, 7) is 7.05. The van der Waals surface area contributed by atoms with Gasteiger partial charge in [0.05, 0.1) is 22.0 Å². The highest BCUT2D eigenvalue weighted by Crippen LogP contribution is 2.27. The van der Waals surface area contributed by atoms with Crippen LogP contribution in [0.3, 0.4) is 0 Å². The first-order valence-corrected chi connectivity index (χ1v) is 16.0. The predicted octanol–water partition coefficient (Wildman–Crippen LogP) is 5.93. The minimum Gasteiger partial charge on any atom is -0.352 e. The number of hydrogen-bond donors (Lipinski definition) is 1. The highest BCUT2D eigenvalue weighted by atomic mass is 35.5. The number of anilines is 1. The van der Waals surface area contributed by atoms with Crippen LogP contribution in [0.4, 0.5) is 5.69 Å². The topological polar surface area (TPSA) is 86.8 Å². The molecule has 3 aromatic rings. The van der Waals surface area contributed by atoms with Crippen LogP contribution >= 0.6 is 23.2 Å². The van der Waals surface area contributed by atoms with Crippen LogP contribution in [0, 0.1) is 13.8 Å². The molecule has 41 heavy (non-hydrogen) atoms. The fraction of sp³-hybridized carbons (Fsp3) is 0.355. The van der Waals surface area contributed by atoms with Crippen molar-refractivity contribution in [3.05, 3.63) is 99.0 Å². The Morgan fingerprint density at radius 2 is 1.61 bits per heavy atom. The fourth-order valence-corrected chi connectivity index (χ4v) is 5.63. The predicted molar refractivity (Wildman–Crippen MR) is 167 cm³/mol. The van der Waals surface area contributed by atoms with Crippen molar-refractivity contribution in [1.82, 2.24) is 10.2 Å². The molecule has 0 aromatic heterocycles. The number of benzene rings is 3. The van der Waals surface area contributed by atoms with E-state index in [1.807, 2.05) is 63.2 Å². The van der Waals surface area contributed by atoms with Crippen LogP contribution in [0.5, 0.6) is 0 Å². The van der Waals surface area contributed by atoms with E-state index < -0.39 is 28.5 Å². The highest BCUT2D eigenvalue weighted by molar-refractivity contribution is 7.92. The second kappa shape index (κ2) is 14.2. The van der Waals surface area contributed by atoms with Crippen molar-refractivity contribution in [2.75, 3.05) is 17.1 Å². The molecule has 0 bridgehead atoms. The van der Waals surface area contributed by atoms with Crippen LogP contribution in [-0.2, 0) is 32.6 Å². The largest absolute Gasteiger partial charge is 0.352 e. The van der Waals surface area contributed by atoms with Gasteiger partial charge in [0.15, 0.2) is 0 Å². The lowest BCUT2D eigenvalue weighted by Crippen LogP contribution is -2.54. The molecule has 3 rings (SSSR count). The van der Waals surface area contributed by atoms with Crippen LogP contribution in [0.15, 0.2) is 66.7 Å². The Morgan fingerprint density at radius 1 is 0.927 bits per heavy atom. The molecule has 0 heterocycles. The molecule has 220 valence electrons. The number of rotatable bonds is 12. The Kier molecular flexibility index (Phi) is 11.2. The maximum Gasteiger partial charge on any atom is 0.244 e. The fourth-order valence-electron chi connectivity index (χ4n) is 4.41. The Morgan fingerprint density at radius 3 is 2.22 bits per heavy atom. The number of halogens is 2. The van der Waals surface area contributed by atoms with Crippen LogP contribution in [0.1, 0.15) is 42.5 Å². The van der Waals surface area contributed by atoms with Crippen LogP contribution in [-0.4, -0.2) is 50.0 Å². The normalized spacial score (nSPS) is 12.9. The van der Waals surface area contributed by atoms with E-state index in [9.17, 15) is 18.0 Å². The van der Waals surface area contributed by atoms with Crippen molar-refractivity contribution in [1.29, 1.82) is 0 Å². The maximum atomic E-state index is 14.2. The second-order valence-electron chi connectivity index (χ2n) is 10.4. The van der Waals surface area contributed by atoms with E-state index >= 15 is 0 Å². The molecular weight excluding hydrogens is 581 g/mol. The first-order valence-electron chi connectivity index (χ1n) is 13.4. The van der Waals surface area contributed by atoms with E-state index in [0.717, 1.165) is 21.7 Å². The van der Waals surface area contributed by atoms with Gasteiger partial charge in [-0.25, -0.2) is 8.42 Å².